The van der Waals surface area contributed by atoms with E-state index in [4.69, 9.17) is 10.00 Å². The van der Waals surface area contributed by atoms with Crippen molar-refractivity contribution in [3.63, 3.8) is 0 Å². The first kappa shape index (κ1) is 14.6. The van der Waals surface area contributed by atoms with Crippen molar-refractivity contribution in [2.45, 2.75) is 19.4 Å². The minimum atomic E-state index is -0.771. The van der Waals surface area contributed by atoms with E-state index in [-0.39, 0.29) is 5.56 Å². The first-order valence-electron chi connectivity index (χ1n) is 5.84. The molecule has 0 amide bonds. The molecule has 1 N–H and O–H groups in total. The molecule has 3 nitrogen and oxygen atoms in total. The molecule has 0 saturated heterocycles. The molecule has 98 valence electrons. The third-order valence-electron chi connectivity index (χ3n) is 2.42. The summed E-state index contributed by atoms with van der Waals surface area (Å²) in [6, 6.07) is 4.39. The third kappa shape index (κ3) is 4.40. The Morgan fingerprint density at radius 3 is 2.83 bits per heavy atom. The number of nitriles is 1. The zero-order valence-corrected chi connectivity index (χ0v) is 10.2. The van der Waals surface area contributed by atoms with Crippen LogP contribution >= 0.6 is 0 Å². The molecule has 0 fully saturated rings. The van der Waals surface area contributed by atoms with E-state index in [1.165, 1.54) is 6.07 Å². The van der Waals surface area contributed by atoms with Gasteiger partial charge in [-0.25, -0.2) is 8.78 Å². The molecule has 1 aromatic rings. The lowest BCUT2D eigenvalue weighted by molar-refractivity contribution is 0.144. The molecule has 1 unspecified atom stereocenters. The highest BCUT2D eigenvalue weighted by molar-refractivity contribution is 5.26. The van der Waals surface area contributed by atoms with Crippen LogP contribution in [0.5, 0.6) is 0 Å². The van der Waals surface area contributed by atoms with E-state index >= 15 is 0 Å². The molecule has 0 aliphatic rings. The van der Waals surface area contributed by atoms with Crippen molar-refractivity contribution in [1.29, 1.82) is 5.26 Å². The van der Waals surface area contributed by atoms with Gasteiger partial charge in [-0.3, -0.25) is 5.32 Å². The van der Waals surface area contributed by atoms with Gasteiger partial charge in [0.25, 0.3) is 0 Å². The second-order valence-electron chi connectivity index (χ2n) is 3.73. The Kier molecular flexibility index (Phi) is 6.26. The average Bonchev–Trinajstić information content (AvgIpc) is 2.35. The summed E-state index contributed by atoms with van der Waals surface area (Å²) in [5.74, 6) is -1.36. The van der Waals surface area contributed by atoms with Gasteiger partial charge < -0.3 is 4.74 Å². The highest BCUT2D eigenvalue weighted by Gasteiger charge is 2.14. The van der Waals surface area contributed by atoms with E-state index in [1.807, 2.05) is 13.0 Å². The summed E-state index contributed by atoms with van der Waals surface area (Å²) in [5, 5.41) is 11.9. The summed E-state index contributed by atoms with van der Waals surface area (Å²) in [6.07, 6.45) is 0.731. The van der Waals surface area contributed by atoms with Crippen molar-refractivity contribution in [2.24, 2.45) is 0 Å². The minimum absolute atomic E-state index is 0.162. The van der Waals surface area contributed by atoms with Crippen molar-refractivity contribution >= 4 is 0 Å². The monoisotopic (exact) mass is 254 g/mol. The van der Waals surface area contributed by atoms with Crippen LogP contribution < -0.4 is 5.32 Å². The average molecular weight is 254 g/mol. The molecule has 5 heteroatoms. The van der Waals surface area contributed by atoms with Gasteiger partial charge in [0.15, 0.2) is 0 Å². The van der Waals surface area contributed by atoms with Crippen molar-refractivity contribution in [2.75, 3.05) is 19.8 Å². The van der Waals surface area contributed by atoms with Gasteiger partial charge in [0.2, 0.25) is 0 Å². The lowest BCUT2D eigenvalue weighted by atomic mass is 10.1. The summed E-state index contributed by atoms with van der Waals surface area (Å²) in [4.78, 5) is 0. The zero-order valence-electron chi connectivity index (χ0n) is 10.2. The van der Waals surface area contributed by atoms with Crippen LogP contribution in [0.3, 0.4) is 0 Å². The zero-order chi connectivity index (χ0) is 13.4. The minimum Gasteiger partial charge on any atom is -0.382 e. The maximum absolute atomic E-state index is 13.5. The number of nitrogens with zero attached hydrogens (tertiary/aromatic N) is 1. The van der Waals surface area contributed by atoms with Gasteiger partial charge in [0.05, 0.1) is 6.07 Å². The molecule has 18 heavy (non-hydrogen) atoms. The highest BCUT2D eigenvalue weighted by Crippen LogP contribution is 2.17. The Morgan fingerprint density at radius 1 is 1.44 bits per heavy atom. The molecule has 0 radical (unpaired) electrons. The van der Waals surface area contributed by atoms with E-state index < -0.39 is 17.7 Å². The fourth-order valence-electron chi connectivity index (χ4n) is 1.53. The largest absolute Gasteiger partial charge is 0.382 e. The van der Waals surface area contributed by atoms with E-state index in [0.29, 0.717) is 19.8 Å². The number of benzene rings is 1. The van der Waals surface area contributed by atoms with Gasteiger partial charge in [-0.05, 0) is 26.0 Å². The molecule has 1 aromatic carbocycles. The predicted molar refractivity (Wildman–Crippen MR) is 63.8 cm³/mol. The van der Waals surface area contributed by atoms with Crippen LogP contribution in [0.15, 0.2) is 18.2 Å². The van der Waals surface area contributed by atoms with Crippen molar-refractivity contribution in [1.82, 2.24) is 5.32 Å². The molecule has 0 spiro atoms. The highest BCUT2D eigenvalue weighted by atomic mass is 19.1. The van der Waals surface area contributed by atoms with Crippen LogP contribution in [-0.4, -0.2) is 19.8 Å². The van der Waals surface area contributed by atoms with Crippen LogP contribution in [0.2, 0.25) is 0 Å². The van der Waals surface area contributed by atoms with Crippen LogP contribution in [0.1, 0.15) is 24.9 Å². The third-order valence-corrected chi connectivity index (χ3v) is 2.42. The Morgan fingerprint density at radius 2 is 2.22 bits per heavy atom. The Bertz CT molecular complexity index is 418. The standard InChI is InChI=1S/C13H16F2N2O/c1-2-18-7-3-6-17-13(9-16)11-5-4-10(14)8-12(11)15/h4-5,8,13,17H,2-3,6-7H2,1H3. The quantitative estimate of drug-likeness (QED) is 0.760. The number of hydrogen-bond acceptors (Lipinski definition) is 3. The summed E-state index contributed by atoms with van der Waals surface area (Å²) in [5.41, 5.74) is 0.162. The lowest BCUT2D eigenvalue weighted by Gasteiger charge is -2.12. The summed E-state index contributed by atoms with van der Waals surface area (Å²) in [6.45, 7) is 3.68. The molecule has 0 aliphatic heterocycles. The summed E-state index contributed by atoms with van der Waals surface area (Å²) >= 11 is 0. The van der Waals surface area contributed by atoms with E-state index in [9.17, 15) is 8.78 Å². The van der Waals surface area contributed by atoms with Gasteiger partial charge in [0, 0.05) is 24.8 Å². The lowest BCUT2D eigenvalue weighted by Crippen LogP contribution is -2.23. The normalized spacial score (nSPS) is 12.1. The molecule has 0 bridgehead atoms. The fraction of sp³-hybridized carbons (Fsp3) is 0.462. The molecule has 0 saturated carbocycles. The molecular formula is C13H16F2N2O. The number of nitrogens with one attached hydrogen (secondary N) is 1. The van der Waals surface area contributed by atoms with Gasteiger partial charge in [-0.1, -0.05) is 6.07 Å². The Hall–Kier alpha value is -1.51. The van der Waals surface area contributed by atoms with Crippen LogP contribution in [0.4, 0.5) is 8.78 Å². The van der Waals surface area contributed by atoms with E-state index in [1.54, 1.807) is 0 Å². The molecular weight excluding hydrogens is 238 g/mol. The Balaban J connectivity index is 2.53. The van der Waals surface area contributed by atoms with Crippen LogP contribution in [-0.2, 0) is 4.74 Å². The van der Waals surface area contributed by atoms with Crippen molar-refractivity contribution in [3.8, 4) is 6.07 Å². The van der Waals surface area contributed by atoms with Gasteiger partial charge in [-0.2, -0.15) is 5.26 Å². The SMILES string of the molecule is CCOCCCNC(C#N)c1ccc(F)cc1F. The summed E-state index contributed by atoms with van der Waals surface area (Å²) < 4.78 is 31.4. The van der Waals surface area contributed by atoms with E-state index in [2.05, 4.69) is 5.32 Å². The van der Waals surface area contributed by atoms with Gasteiger partial charge in [0.1, 0.15) is 17.7 Å². The second kappa shape index (κ2) is 7.75. The number of ether oxygens (including phenoxy) is 1. The fourth-order valence-corrected chi connectivity index (χ4v) is 1.53. The first-order chi connectivity index (χ1) is 8.69. The second-order valence-corrected chi connectivity index (χ2v) is 3.73. The molecule has 1 atom stereocenters. The molecule has 0 heterocycles. The number of halogens is 2. The molecule has 1 rings (SSSR count). The topological polar surface area (TPSA) is 45.0 Å². The van der Waals surface area contributed by atoms with Crippen molar-refractivity contribution < 1.29 is 13.5 Å². The van der Waals surface area contributed by atoms with Crippen LogP contribution in [0, 0.1) is 23.0 Å². The van der Waals surface area contributed by atoms with E-state index in [0.717, 1.165) is 18.6 Å². The first-order valence-corrected chi connectivity index (χ1v) is 5.84. The summed E-state index contributed by atoms with van der Waals surface area (Å²) in [7, 11) is 0. The van der Waals surface area contributed by atoms with Gasteiger partial charge in [-0.15, -0.1) is 0 Å². The maximum Gasteiger partial charge on any atom is 0.131 e. The Labute approximate surface area is 105 Å². The van der Waals surface area contributed by atoms with Crippen molar-refractivity contribution in [3.05, 3.63) is 35.4 Å². The smallest absolute Gasteiger partial charge is 0.131 e. The molecule has 0 aliphatic carbocycles. The van der Waals surface area contributed by atoms with Gasteiger partial charge >= 0.3 is 0 Å². The number of rotatable bonds is 7. The molecule has 0 aromatic heterocycles. The van der Waals surface area contributed by atoms with Crippen LogP contribution in [0.25, 0.3) is 0 Å². The maximum atomic E-state index is 13.5. The number of hydrogen-bond donors (Lipinski definition) is 1. The predicted octanol–water partition coefficient (Wildman–Crippen LogP) is 2.55.